The van der Waals surface area contributed by atoms with E-state index in [2.05, 4.69) is 66.2 Å². The van der Waals surface area contributed by atoms with Gasteiger partial charge in [-0.15, -0.1) is 0 Å². The number of fused-ring (bicyclic) bond motifs is 1. The first-order chi connectivity index (χ1) is 19.1. The molecule has 5 aromatic rings. The molecule has 1 heterocycles. The van der Waals surface area contributed by atoms with E-state index in [1.807, 2.05) is 60.7 Å². The molecule has 1 atom stereocenters. The van der Waals surface area contributed by atoms with E-state index >= 15 is 0 Å². The molecule has 1 N–H and O–H groups in total. The van der Waals surface area contributed by atoms with Crippen LogP contribution in [-0.2, 0) is 24.3 Å². The maximum absolute atomic E-state index is 12.8. The molecule has 5 nitrogen and oxygen atoms in total. The molecule has 198 valence electrons. The summed E-state index contributed by atoms with van der Waals surface area (Å²) in [5, 5.41) is 3.06. The Hall–Kier alpha value is -4.38. The van der Waals surface area contributed by atoms with E-state index in [0.29, 0.717) is 32.0 Å². The highest BCUT2D eigenvalue weighted by atomic mass is 16.5. The van der Waals surface area contributed by atoms with Crippen molar-refractivity contribution in [2.75, 3.05) is 6.61 Å². The van der Waals surface area contributed by atoms with Gasteiger partial charge in [0.25, 0.3) is 0 Å². The summed E-state index contributed by atoms with van der Waals surface area (Å²) in [6, 6.07) is 34.8. The summed E-state index contributed by atoms with van der Waals surface area (Å²) in [5.74, 6) is 2.20. The van der Waals surface area contributed by atoms with Crippen LogP contribution >= 0.6 is 0 Å². The van der Waals surface area contributed by atoms with E-state index in [1.54, 1.807) is 0 Å². The van der Waals surface area contributed by atoms with Crippen molar-refractivity contribution in [3.8, 4) is 16.9 Å². The maximum atomic E-state index is 12.8. The number of amides is 1. The molecule has 0 aliphatic rings. The number of hydrogen-bond donors (Lipinski definition) is 1. The van der Waals surface area contributed by atoms with Gasteiger partial charge in [-0.25, -0.2) is 4.98 Å². The fourth-order valence-electron chi connectivity index (χ4n) is 4.76. The van der Waals surface area contributed by atoms with Gasteiger partial charge in [0.1, 0.15) is 18.2 Å². The predicted molar refractivity (Wildman–Crippen MR) is 158 cm³/mol. The van der Waals surface area contributed by atoms with E-state index in [4.69, 9.17) is 9.72 Å². The van der Waals surface area contributed by atoms with Crippen molar-refractivity contribution in [3.63, 3.8) is 0 Å². The van der Waals surface area contributed by atoms with Gasteiger partial charge in [-0.1, -0.05) is 92.7 Å². The molecule has 0 bridgehead atoms. The average molecular weight is 518 g/mol. The van der Waals surface area contributed by atoms with Crippen molar-refractivity contribution in [2.45, 2.75) is 45.7 Å². The van der Waals surface area contributed by atoms with Crippen LogP contribution in [0.1, 0.15) is 43.1 Å². The maximum Gasteiger partial charge on any atom is 0.224 e. The van der Waals surface area contributed by atoms with E-state index in [1.165, 1.54) is 11.1 Å². The Morgan fingerprint density at radius 2 is 1.56 bits per heavy atom. The molecule has 1 amide bonds. The standard InChI is InChI=1S/C34H35N3O2/c1-3-25(2)27-17-19-30(20-18-27)39-22-21-37-32-12-8-7-11-31(32)36-33(37)24-35-34(38)23-26-13-15-29(16-14-26)28-9-5-4-6-10-28/h4-20,25H,3,21-24H2,1-2H3,(H,35,38). The highest BCUT2D eigenvalue weighted by Gasteiger charge is 2.13. The third kappa shape index (κ3) is 6.55. The van der Waals surface area contributed by atoms with E-state index < -0.39 is 0 Å². The Morgan fingerprint density at radius 3 is 2.31 bits per heavy atom. The van der Waals surface area contributed by atoms with Gasteiger partial charge in [0.15, 0.2) is 0 Å². The predicted octanol–water partition coefficient (Wildman–Crippen LogP) is 7.15. The molecule has 0 aliphatic carbocycles. The Bertz CT molecular complexity index is 1510. The summed E-state index contributed by atoms with van der Waals surface area (Å²) in [7, 11) is 0. The molecular formula is C34H35N3O2. The molecule has 4 aromatic carbocycles. The minimum atomic E-state index is -0.0290. The molecule has 5 heteroatoms. The summed E-state index contributed by atoms with van der Waals surface area (Å²) < 4.78 is 8.20. The topological polar surface area (TPSA) is 56.1 Å². The summed E-state index contributed by atoms with van der Waals surface area (Å²) >= 11 is 0. The van der Waals surface area contributed by atoms with Crippen molar-refractivity contribution < 1.29 is 9.53 Å². The molecule has 5 rings (SSSR count). The van der Waals surface area contributed by atoms with Crippen LogP contribution in [0.2, 0.25) is 0 Å². The summed E-state index contributed by atoms with van der Waals surface area (Å²) in [6.07, 6.45) is 1.44. The molecule has 39 heavy (non-hydrogen) atoms. The monoisotopic (exact) mass is 517 g/mol. The third-order valence-corrected chi connectivity index (χ3v) is 7.25. The lowest BCUT2D eigenvalue weighted by molar-refractivity contribution is -0.120. The highest BCUT2D eigenvalue weighted by molar-refractivity contribution is 5.79. The SMILES string of the molecule is CCC(C)c1ccc(OCCn2c(CNC(=O)Cc3ccc(-c4ccccc4)cc3)nc3ccccc32)cc1. The van der Waals surface area contributed by atoms with Crippen LogP contribution in [0.5, 0.6) is 5.75 Å². The molecule has 0 saturated carbocycles. The van der Waals surface area contributed by atoms with E-state index in [-0.39, 0.29) is 5.91 Å². The fourth-order valence-corrected chi connectivity index (χ4v) is 4.76. The third-order valence-electron chi connectivity index (χ3n) is 7.25. The van der Waals surface area contributed by atoms with E-state index in [9.17, 15) is 4.79 Å². The van der Waals surface area contributed by atoms with Crippen LogP contribution in [0.25, 0.3) is 22.2 Å². The number of carbonyl (C=O) groups excluding carboxylic acids is 1. The average Bonchev–Trinajstić information content (AvgIpc) is 3.34. The van der Waals surface area contributed by atoms with Crippen LogP contribution in [0.4, 0.5) is 0 Å². The molecular weight excluding hydrogens is 482 g/mol. The van der Waals surface area contributed by atoms with Gasteiger partial charge in [0.2, 0.25) is 5.91 Å². The second-order valence-electron chi connectivity index (χ2n) is 9.91. The number of rotatable bonds is 11. The van der Waals surface area contributed by atoms with Gasteiger partial charge in [-0.3, -0.25) is 4.79 Å². The number of nitrogens with zero attached hydrogens (tertiary/aromatic N) is 2. The molecule has 0 saturated heterocycles. The van der Waals surface area contributed by atoms with Gasteiger partial charge in [-0.05, 0) is 58.9 Å². The van der Waals surface area contributed by atoms with Crippen LogP contribution in [-0.4, -0.2) is 22.1 Å². The lowest BCUT2D eigenvalue weighted by Crippen LogP contribution is -2.26. The van der Waals surface area contributed by atoms with Crippen molar-refractivity contribution in [3.05, 3.63) is 120 Å². The first-order valence-electron chi connectivity index (χ1n) is 13.7. The normalized spacial score (nSPS) is 11.8. The molecule has 1 unspecified atom stereocenters. The first-order valence-corrected chi connectivity index (χ1v) is 13.7. The summed E-state index contributed by atoms with van der Waals surface area (Å²) in [4.78, 5) is 17.6. The zero-order chi connectivity index (χ0) is 27.0. The van der Waals surface area contributed by atoms with Crippen molar-refractivity contribution in [2.24, 2.45) is 0 Å². The lowest BCUT2D eigenvalue weighted by Gasteiger charge is -2.13. The second kappa shape index (κ2) is 12.4. The summed E-state index contributed by atoms with van der Waals surface area (Å²) in [5.41, 5.74) is 6.57. The van der Waals surface area contributed by atoms with Gasteiger partial charge >= 0.3 is 0 Å². The molecule has 0 radical (unpaired) electrons. The van der Waals surface area contributed by atoms with Crippen LogP contribution < -0.4 is 10.1 Å². The van der Waals surface area contributed by atoms with Crippen LogP contribution in [0.15, 0.2) is 103 Å². The summed E-state index contributed by atoms with van der Waals surface area (Å²) in [6.45, 7) is 5.95. The number of aromatic nitrogens is 2. The van der Waals surface area contributed by atoms with Crippen molar-refractivity contribution in [1.29, 1.82) is 0 Å². The molecule has 0 spiro atoms. The van der Waals surface area contributed by atoms with E-state index in [0.717, 1.165) is 40.2 Å². The number of nitrogens with one attached hydrogen (secondary N) is 1. The Kier molecular flexibility index (Phi) is 8.37. The lowest BCUT2D eigenvalue weighted by atomic mass is 9.99. The van der Waals surface area contributed by atoms with Gasteiger partial charge in [0, 0.05) is 0 Å². The Morgan fingerprint density at radius 1 is 0.872 bits per heavy atom. The van der Waals surface area contributed by atoms with Gasteiger partial charge in [-0.2, -0.15) is 0 Å². The number of imidazole rings is 1. The Labute approximate surface area is 230 Å². The highest BCUT2D eigenvalue weighted by Crippen LogP contribution is 2.22. The number of carbonyl (C=O) groups is 1. The van der Waals surface area contributed by atoms with Gasteiger partial charge in [0.05, 0.1) is 30.5 Å². The van der Waals surface area contributed by atoms with Crippen molar-refractivity contribution in [1.82, 2.24) is 14.9 Å². The van der Waals surface area contributed by atoms with Crippen molar-refractivity contribution >= 4 is 16.9 Å². The number of benzene rings is 4. The quantitative estimate of drug-likeness (QED) is 0.202. The zero-order valence-corrected chi connectivity index (χ0v) is 22.6. The van der Waals surface area contributed by atoms with Gasteiger partial charge < -0.3 is 14.6 Å². The number of hydrogen-bond acceptors (Lipinski definition) is 3. The van der Waals surface area contributed by atoms with Crippen LogP contribution in [0, 0.1) is 0 Å². The molecule has 0 aliphatic heterocycles. The minimum Gasteiger partial charge on any atom is -0.492 e. The fraction of sp³-hybridized carbons (Fsp3) is 0.235. The molecule has 1 aromatic heterocycles. The zero-order valence-electron chi connectivity index (χ0n) is 22.6. The smallest absolute Gasteiger partial charge is 0.224 e. The molecule has 0 fully saturated rings. The van der Waals surface area contributed by atoms with Crippen LogP contribution in [0.3, 0.4) is 0 Å². The Balaban J connectivity index is 1.20. The second-order valence-corrected chi connectivity index (χ2v) is 9.91. The number of ether oxygens (including phenoxy) is 1. The first kappa shape index (κ1) is 26.2. The minimum absolute atomic E-state index is 0.0290. The largest absolute Gasteiger partial charge is 0.492 e. The number of para-hydroxylation sites is 2.